The van der Waals surface area contributed by atoms with E-state index >= 15 is 0 Å². The molecule has 1 unspecified atom stereocenters. The van der Waals surface area contributed by atoms with E-state index in [0.29, 0.717) is 22.3 Å². The van der Waals surface area contributed by atoms with E-state index in [1.165, 1.54) is 4.68 Å². The first-order valence-corrected chi connectivity index (χ1v) is 13.0. The van der Waals surface area contributed by atoms with Crippen molar-refractivity contribution in [2.75, 3.05) is 29.9 Å². The lowest BCUT2D eigenvalue weighted by molar-refractivity contribution is -0.144. The summed E-state index contributed by atoms with van der Waals surface area (Å²) in [6.45, 7) is 7.20. The highest BCUT2D eigenvalue weighted by molar-refractivity contribution is 6.30. The van der Waals surface area contributed by atoms with Gasteiger partial charge in [0.15, 0.2) is 11.7 Å². The maximum Gasteiger partial charge on any atom is 0.329 e. The summed E-state index contributed by atoms with van der Waals surface area (Å²) in [7, 11) is 0. The summed E-state index contributed by atoms with van der Waals surface area (Å²) >= 11 is 6.08. The zero-order chi connectivity index (χ0) is 27.1. The fraction of sp³-hybridized carbons (Fsp3) is 0.407. The molecule has 5 rings (SSSR count). The number of carbonyl (C=O) groups is 1. The van der Waals surface area contributed by atoms with Gasteiger partial charge in [-0.15, -0.1) is 5.10 Å². The fourth-order valence-corrected chi connectivity index (χ4v) is 5.39. The Morgan fingerprint density at radius 3 is 2.53 bits per heavy atom. The van der Waals surface area contributed by atoms with Crippen molar-refractivity contribution in [3.8, 4) is 0 Å². The third-order valence-corrected chi connectivity index (χ3v) is 7.59. The molecule has 3 N–H and O–H groups in total. The number of aliphatic carboxylic acids is 1. The Bertz CT molecular complexity index is 1430. The number of hydrogen-bond acceptors (Lipinski definition) is 7. The average molecular weight is 538 g/mol. The van der Waals surface area contributed by atoms with Crippen LogP contribution in [-0.2, 0) is 10.2 Å². The number of aliphatic hydroxyl groups is 1. The normalized spacial score (nSPS) is 16.5. The van der Waals surface area contributed by atoms with Crippen molar-refractivity contribution in [3.05, 3.63) is 65.6 Å². The van der Waals surface area contributed by atoms with Gasteiger partial charge in [0.05, 0.1) is 24.2 Å². The minimum Gasteiger partial charge on any atom is -0.480 e. The van der Waals surface area contributed by atoms with Crippen LogP contribution in [0.15, 0.2) is 55.0 Å². The Morgan fingerprint density at radius 1 is 1.18 bits per heavy atom. The Morgan fingerprint density at radius 2 is 1.89 bits per heavy atom. The molecule has 200 valence electrons. The molecular weight excluding hydrogens is 506 g/mol. The van der Waals surface area contributed by atoms with E-state index in [-0.39, 0.29) is 12.0 Å². The number of carboxylic acid groups (broad SMARTS) is 1. The highest BCUT2D eigenvalue weighted by Gasteiger charge is 2.36. The lowest BCUT2D eigenvalue weighted by atomic mass is 9.73. The van der Waals surface area contributed by atoms with Gasteiger partial charge in [0.2, 0.25) is 5.95 Å². The van der Waals surface area contributed by atoms with Gasteiger partial charge < -0.3 is 20.4 Å². The molecule has 3 aromatic heterocycles. The number of nitrogens with zero attached hydrogens (tertiary/aromatic N) is 6. The Labute approximate surface area is 225 Å². The van der Waals surface area contributed by atoms with Gasteiger partial charge in [-0.25, -0.2) is 9.31 Å². The van der Waals surface area contributed by atoms with Crippen LogP contribution in [0.2, 0.25) is 5.02 Å². The van der Waals surface area contributed by atoms with Gasteiger partial charge in [-0.1, -0.05) is 44.5 Å². The summed E-state index contributed by atoms with van der Waals surface area (Å²) in [5.74, 6) is -0.548. The zero-order valence-corrected chi connectivity index (χ0v) is 22.4. The van der Waals surface area contributed by atoms with Gasteiger partial charge >= 0.3 is 5.97 Å². The number of carboxylic acids is 1. The van der Waals surface area contributed by atoms with Crippen molar-refractivity contribution in [1.29, 1.82) is 0 Å². The van der Waals surface area contributed by atoms with Gasteiger partial charge in [-0.05, 0) is 48.1 Å². The lowest BCUT2D eigenvalue weighted by Crippen LogP contribution is -2.45. The van der Waals surface area contributed by atoms with Gasteiger partial charge in [0, 0.05) is 35.9 Å². The number of fused-ring (bicyclic) bond motifs is 1. The predicted molar refractivity (Wildman–Crippen MR) is 146 cm³/mol. The summed E-state index contributed by atoms with van der Waals surface area (Å²) in [6.07, 6.45) is 6.67. The first-order chi connectivity index (χ1) is 18.1. The zero-order valence-electron chi connectivity index (χ0n) is 21.7. The van der Waals surface area contributed by atoms with Crippen LogP contribution in [-0.4, -0.2) is 60.3 Å². The van der Waals surface area contributed by atoms with Crippen molar-refractivity contribution < 1.29 is 15.0 Å². The van der Waals surface area contributed by atoms with Crippen LogP contribution in [0, 0.1) is 5.41 Å². The van der Waals surface area contributed by atoms with E-state index in [9.17, 15) is 15.0 Å². The largest absolute Gasteiger partial charge is 0.480 e. The fourth-order valence-electron chi connectivity index (χ4n) is 5.26. The number of anilines is 3. The van der Waals surface area contributed by atoms with Gasteiger partial charge in [0.25, 0.3) is 0 Å². The van der Waals surface area contributed by atoms with Crippen LogP contribution < -0.4 is 10.2 Å². The summed E-state index contributed by atoms with van der Waals surface area (Å²) in [5, 5.41) is 32.7. The molecule has 0 amide bonds. The molecule has 38 heavy (non-hydrogen) atoms. The molecule has 0 radical (unpaired) electrons. The number of nitrogens with one attached hydrogen (secondary N) is 1. The Hall–Kier alpha value is -3.63. The van der Waals surface area contributed by atoms with Crippen LogP contribution in [0.3, 0.4) is 0 Å². The summed E-state index contributed by atoms with van der Waals surface area (Å²) in [6, 6.07) is 10.9. The number of halogens is 1. The van der Waals surface area contributed by atoms with Crippen LogP contribution in [0.4, 0.5) is 17.3 Å². The van der Waals surface area contributed by atoms with E-state index in [4.69, 9.17) is 16.6 Å². The number of pyridine rings is 1. The van der Waals surface area contributed by atoms with Crippen molar-refractivity contribution in [2.24, 2.45) is 5.41 Å². The molecule has 11 heteroatoms. The first-order valence-electron chi connectivity index (χ1n) is 12.6. The summed E-state index contributed by atoms with van der Waals surface area (Å²) in [5.41, 5.74) is 2.57. The Balaban J connectivity index is 1.35. The molecule has 0 spiro atoms. The molecule has 10 nitrogen and oxygen atoms in total. The molecule has 1 atom stereocenters. The molecule has 1 saturated heterocycles. The lowest BCUT2D eigenvalue weighted by Gasteiger charge is -2.42. The van der Waals surface area contributed by atoms with Gasteiger partial charge in [0.1, 0.15) is 0 Å². The quantitative estimate of drug-likeness (QED) is 0.314. The SMILES string of the molecule is CC(C)(C)C(C(=O)O)n1cc(Nc2nc3c(N4CCC(CO)(c5ccc(Cl)cc5)CC4)cccn3n2)cn1. The molecule has 0 bridgehead atoms. The monoisotopic (exact) mass is 537 g/mol. The maximum atomic E-state index is 11.8. The summed E-state index contributed by atoms with van der Waals surface area (Å²) in [4.78, 5) is 18.8. The van der Waals surface area contributed by atoms with E-state index < -0.39 is 17.4 Å². The Kier molecular flexibility index (Phi) is 6.79. The van der Waals surface area contributed by atoms with Crippen LogP contribution in [0.5, 0.6) is 0 Å². The third kappa shape index (κ3) is 4.93. The molecular formula is C27H32ClN7O3. The van der Waals surface area contributed by atoms with E-state index in [0.717, 1.165) is 37.2 Å². The van der Waals surface area contributed by atoms with Gasteiger partial charge in [-0.3, -0.25) is 4.68 Å². The number of benzene rings is 1. The number of aromatic nitrogens is 5. The van der Waals surface area contributed by atoms with E-state index in [1.807, 2.05) is 63.4 Å². The molecule has 1 aromatic carbocycles. The smallest absolute Gasteiger partial charge is 0.329 e. The first kappa shape index (κ1) is 26.0. The van der Waals surface area contributed by atoms with Crippen molar-refractivity contribution in [2.45, 2.75) is 45.1 Å². The number of piperidine rings is 1. The third-order valence-electron chi connectivity index (χ3n) is 7.34. The highest BCUT2D eigenvalue weighted by Crippen LogP contribution is 2.38. The average Bonchev–Trinajstić information content (AvgIpc) is 3.50. The van der Waals surface area contributed by atoms with Crippen LogP contribution in [0.1, 0.15) is 45.2 Å². The minimum absolute atomic E-state index is 0.0807. The molecule has 4 aromatic rings. The van der Waals surface area contributed by atoms with Crippen molar-refractivity contribution in [1.82, 2.24) is 24.4 Å². The van der Waals surface area contributed by atoms with Crippen LogP contribution >= 0.6 is 11.6 Å². The number of hydrogen-bond donors (Lipinski definition) is 3. The molecule has 4 heterocycles. The van der Waals surface area contributed by atoms with E-state index in [1.54, 1.807) is 16.9 Å². The maximum absolute atomic E-state index is 11.8. The summed E-state index contributed by atoms with van der Waals surface area (Å²) < 4.78 is 3.18. The number of aliphatic hydroxyl groups excluding tert-OH is 1. The second kappa shape index (κ2) is 9.92. The van der Waals surface area contributed by atoms with Gasteiger partial charge in [-0.2, -0.15) is 10.1 Å². The minimum atomic E-state index is -0.939. The molecule has 0 aliphatic carbocycles. The van der Waals surface area contributed by atoms with E-state index in [2.05, 4.69) is 20.4 Å². The van der Waals surface area contributed by atoms with Crippen molar-refractivity contribution in [3.63, 3.8) is 0 Å². The molecule has 1 aliphatic rings. The van der Waals surface area contributed by atoms with Crippen LogP contribution in [0.25, 0.3) is 5.65 Å². The second-order valence-electron chi connectivity index (χ2n) is 11.0. The van der Waals surface area contributed by atoms with Crippen molar-refractivity contribution >= 4 is 40.5 Å². The molecule has 0 saturated carbocycles. The highest BCUT2D eigenvalue weighted by atomic mass is 35.5. The second-order valence-corrected chi connectivity index (χ2v) is 11.4. The predicted octanol–water partition coefficient (Wildman–Crippen LogP) is 4.53. The standard InChI is InChI=1S/C27H32ClN7O3/c1-26(2,3)22(24(37)38)35-16-20(15-29-35)30-25-31-23-21(5-4-12-34(23)32-25)33-13-10-27(17-36,11-14-33)18-6-8-19(28)9-7-18/h4-9,12,15-16,22,36H,10-11,13-14,17H2,1-3H3,(H,30,32)(H,37,38). The number of rotatable bonds is 7. The topological polar surface area (TPSA) is 121 Å². The molecule has 1 fully saturated rings. The molecule has 1 aliphatic heterocycles.